The molecule has 1 aliphatic carbocycles. The molecule has 1 aromatic rings. The second kappa shape index (κ2) is 5.15. The third kappa shape index (κ3) is 2.04. The minimum Gasteiger partial charge on any atom is -0.449 e. The Balaban J connectivity index is 1.65. The first kappa shape index (κ1) is 15.1. The van der Waals surface area contributed by atoms with E-state index in [1.165, 1.54) is 18.4 Å². The summed E-state index contributed by atoms with van der Waals surface area (Å²) in [6.07, 6.45) is 8.12. The standard InChI is InChI=1S/C21H21NO3/c1-13(23)14-5-4-6-15(9-14)17-10-16-11-20(24)25-21(16)12-18(17)22-8-3-2-7-19(21)22/h4-6,9-11,18-19H,2-3,7-8,12H2,1H3/t18-,19+,21-/m0/s1. The number of esters is 1. The lowest BCUT2D eigenvalue weighted by molar-refractivity contribution is -0.148. The van der Waals surface area contributed by atoms with Crippen molar-refractivity contribution in [1.29, 1.82) is 0 Å². The molecule has 4 aliphatic rings. The summed E-state index contributed by atoms with van der Waals surface area (Å²) in [5.74, 6) is -0.135. The van der Waals surface area contributed by atoms with E-state index in [1.54, 1.807) is 13.0 Å². The van der Waals surface area contributed by atoms with Crippen molar-refractivity contribution in [3.05, 3.63) is 53.1 Å². The number of Topliss-reactive ketones (excluding diaryl/α,β-unsaturated/α-hetero) is 1. The van der Waals surface area contributed by atoms with Crippen molar-refractivity contribution in [3.63, 3.8) is 0 Å². The Labute approximate surface area is 147 Å². The predicted molar refractivity (Wildman–Crippen MR) is 94.1 cm³/mol. The van der Waals surface area contributed by atoms with Crippen LogP contribution in [0.4, 0.5) is 0 Å². The van der Waals surface area contributed by atoms with Crippen LogP contribution >= 0.6 is 0 Å². The summed E-state index contributed by atoms with van der Waals surface area (Å²) >= 11 is 0. The Morgan fingerprint density at radius 3 is 3.00 bits per heavy atom. The van der Waals surface area contributed by atoms with Crippen LogP contribution in [0.15, 0.2) is 42.0 Å². The van der Waals surface area contributed by atoms with Crippen molar-refractivity contribution in [1.82, 2.24) is 4.90 Å². The maximum absolute atomic E-state index is 12.1. The van der Waals surface area contributed by atoms with Gasteiger partial charge in [0.25, 0.3) is 0 Å². The molecule has 2 fully saturated rings. The highest BCUT2D eigenvalue weighted by Crippen LogP contribution is 2.55. The van der Waals surface area contributed by atoms with E-state index >= 15 is 0 Å². The molecule has 4 heteroatoms. The zero-order valence-corrected chi connectivity index (χ0v) is 14.3. The van der Waals surface area contributed by atoms with Crippen molar-refractivity contribution >= 4 is 17.3 Å². The molecule has 2 saturated heterocycles. The van der Waals surface area contributed by atoms with Gasteiger partial charge in [-0.05, 0) is 49.6 Å². The van der Waals surface area contributed by atoms with Crippen LogP contribution in [0.25, 0.3) is 5.57 Å². The number of piperidine rings is 1. The van der Waals surface area contributed by atoms with Gasteiger partial charge in [0.2, 0.25) is 0 Å². The third-order valence-corrected chi connectivity index (χ3v) is 6.30. The third-order valence-electron chi connectivity index (χ3n) is 6.30. The zero-order valence-electron chi connectivity index (χ0n) is 14.3. The molecule has 0 radical (unpaired) electrons. The van der Waals surface area contributed by atoms with Crippen LogP contribution in [-0.2, 0) is 9.53 Å². The molecular formula is C21H21NO3. The van der Waals surface area contributed by atoms with Gasteiger partial charge in [-0.25, -0.2) is 4.79 Å². The number of rotatable bonds is 2. The second-order valence-corrected chi connectivity index (χ2v) is 7.62. The fourth-order valence-electron chi connectivity index (χ4n) is 5.21. The van der Waals surface area contributed by atoms with E-state index in [4.69, 9.17) is 4.74 Å². The maximum Gasteiger partial charge on any atom is 0.332 e. The highest BCUT2D eigenvalue weighted by atomic mass is 16.6. The Bertz CT molecular complexity index is 852. The van der Waals surface area contributed by atoms with E-state index in [2.05, 4.69) is 17.0 Å². The number of fused-ring (bicyclic) bond motifs is 3. The SMILES string of the molecule is CC(=O)c1cccc(C2=CC3=CC(=O)O[C@@]34C[C@@H]2N2CCCC[C@@H]24)c1. The van der Waals surface area contributed by atoms with Crippen LogP contribution in [0.3, 0.4) is 0 Å². The van der Waals surface area contributed by atoms with Gasteiger partial charge in [-0.1, -0.05) is 24.6 Å². The molecule has 2 bridgehead atoms. The first-order valence-electron chi connectivity index (χ1n) is 9.12. The Kier molecular flexibility index (Phi) is 3.11. The summed E-state index contributed by atoms with van der Waals surface area (Å²) < 4.78 is 5.89. The molecule has 0 saturated carbocycles. The monoisotopic (exact) mass is 335 g/mol. The van der Waals surface area contributed by atoms with Crippen LogP contribution in [0, 0.1) is 0 Å². The van der Waals surface area contributed by atoms with Gasteiger partial charge in [-0.3, -0.25) is 9.69 Å². The number of benzene rings is 1. The molecule has 1 spiro atoms. The molecule has 1 aromatic carbocycles. The van der Waals surface area contributed by atoms with E-state index in [0.29, 0.717) is 0 Å². The predicted octanol–water partition coefficient (Wildman–Crippen LogP) is 3.14. The van der Waals surface area contributed by atoms with E-state index in [9.17, 15) is 9.59 Å². The molecular weight excluding hydrogens is 314 g/mol. The number of hydrogen-bond donors (Lipinski definition) is 0. The van der Waals surface area contributed by atoms with Gasteiger partial charge in [0.15, 0.2) is 11.4 Å². The Hall–Kier alpha value is -2.20. The van der Waals surface area contributed by atoms with Crippen LogP contribution in [-0.4, -0.2) is 40.9 Å². The molecule has 128 valence electrons. The number of hydrogen-bond acceptors (Lipinski definition) is 4. The fourth-order valence-corrected chi connectivity index (χ4v) is 5.21. The van der Waals surface area contributed by atoms with Gasteiger partial charge < -0.3 is 4.74 Å². The minimum atomic E-state index is -0.441. The molecule has 4 nitrogen and oxygen atoms in total. The van der Waals surface area contributed by atoms with Gasteiger partial charge in [-0.2, -0.15) is 0 Å². The van der Waals surface area contributed by atoms with Crippen molar-refractivity contribution < 1.29 is 14.3 Å². The average molecular weight is 335 g/mol. The first-order valence-corrected chi connectivity index (χ1v) is 9.12. The number of carbonyl (C=O) groups is 2. The lowest BCUT2D eigenvalue weighted by atomic mass is 9.77. The molecule has 0 aromatic heterocycles. The van der Waals surface area contributed by atoms with E-state index < -0.39 is 5.60 Å². The van der Waals surface area contributed by atoms with Gasteiger partial charge in [0.05, 0.1) is 6.04 Å². The van der Waals surface area contributed by atoms with Gasteiger partial charge in [0.1, 0.15) is 0 Å². The zero-order chi connectivity index (χ0) is 17.2. The van der Waals surface area contributed by atoms with E-state index in [-0.39, 0.29) is 23.8 Å². The summed E-state index contributed by atoms with van der Waals surface area (Å²) in [4.78, 5) is 26.4. The quantitative estimate of drug-likeness (QED) is 0.615. The van der Waals surface area contributed by atoms with Gasteiger partial charge >= 0.3 is 5.97 Å². The molecule has 0 unspecified atom stereocenters. The van der Waals surface area contributed by atoms with Crippen molar-refractivity contribution in [2.75, 3.05) is 6.54 Å². The summed E-state index contributed by atoms with van der Waals surface area (Å²) in [7, 11) is 0. The summed E-state index contributed by atoms with van der Waals surface area (Å²) in [6, 6.07) is 8.41. The van der Waals surface area contributed by atoms with Crippen molar-refractivity contribution in [2.24, 2.45) is 0 Å². The first-order chi connectivity index (χ1) is 12.1. The van der Waals surface area contributed by atoms with Gasteiger partial charge in [0, 0.05) is 29.7 Å². The molecule has 3 atom stereocenters. The number of ketones is 1. The summed E-state index contributed by atoms with van der Waals surface area (Å²) in [6.45, 7) is 2.65. The fraction of sp³-hybridized carbons (Fsp3) is 0.429. The Morgan fingerprint density at radius 2 is 2.16 bits per heavy atom. The normalized spacial score (nSPS) is 33.2. The average Bonchev–Trinajstić information content (AvgIpc) is 3.10. The van der Waals surface area contributed by atoms with Crippen molar-refractivity contribution in [2.45, 2.75) is 50.3 Å². The minimum absolute atomic E-state index is 0.0773. The highest BCUT2D eigenvalue weighted by molar-refractivity contribution is 5.96. The van der Waals surface area contributed by atoms with E-state index in [0.717, 1.165) is 36.1 Å². The van der Waals surface area contributed by atoms with E-state index in [1.807, 2.05) is 18.2 Å². The number of nitrogens with zero attached hydrogens (tertiary/aromatic N) is 1. The second-order valence-electron chi connectivity index (χ2n) is 7.62. The Morgan fingerprint density at radius 1 is 1.28 bits per heavy atom. The molecule has 5 rings (SSSR count). The molecule has 3 heterocycles. The lowest BCUT2D eigenvalue weighted by Crippen LogP contribution is -2.48. The van der Waals surface area contributed by atoms with Crippen molar-refractivity contribution in [3.8, 4) is 0 Å². The van der Waals surface area contributed by atoms with Crippen LogP contribution in [0.1, 0.15) is 48.5 Å². The van der Waals surface area contributed by atoms with Crippen LogP contribution < -0.4 is 0 Å². The molecule has 0 N–H and O–H groups in total. The van der Waals surface area contributed by atoms with Crippen LogP contribution in [0.5, 0.6) is 0 Å². The largest absolute Gasteiger partial charge is 0.449 e. The highest BCUT2D eigenvalue weighted by Gasteiger charge is 2.61. The smallest absolute Gasteiger partial charge is 0.332 e. The van der Waals surface area contributed by atoms with Crippen LogP contribution in [0.2, 0.25) is 0 Å². The molecule has 25 heavy (non-hydrogen) atoms. The van der Waals surface area contributed by atoms with Gasteiger partial charge in [-0.15, -0.1) is 0 Å². The summed E-state index contributed by atoms with van der Waals surface area (Å²) in [5.41, 5.74) is 3.61. The number of ether oxygens (including phenoxy) is 1. The number of carbonyl (C=O) groups excluding carboxylic acids is 2. The lowest BCUT2D eigenvalue weighted by Gasteiger charge is -2.37. The topological polar surface area (TPSA) is 46.6 Å². The maximum atomic E-state index is 12.1. The molecule has 0 amide bonds. The molecule has 3 aliphatic heterocycles. The summed E-state index contributed by atoms with van der Waals surface area (Å²) in [5, 5.41) is 0.